The standard InChI is InChI=1S/C25H25N3O6/c1-15(24(30)31)13-28(2)23(29)22-11-16(34-27-22)12-26-25(32)33-14-21-19-9-5-3-7-17(19)18-8-4-6-10-20(18)21/h3-11,15,21H,12-14H2,1-2H3,(H,26,32)(H,30,31). The number of hydrogen-bond donors (Lipinski definition) is 2. The molecule has 1 aliphatic carbocycles. The Morgan fingerprint density at radius 1 is 1.12 bits per heavy atom. The molecule has 176 valence electrons. The highest BCUT2D eigenvalue weighted by Crippen LogP contribution is 2.44. The van der Waals surface area contributed by atoms with Crippen molar-refractivity contribution in [3.05, 3.63) is 77.2 Å². The minimum Gasteiger partial charge on any atom is -0.481 e. The van der Waals surface area contributed by atoms with Gasteiger partial charge in [0.1, 0.15) is 6.61 Å². The van der Waals surface area contributed by atoms with Gasteiger partial charge in [0.15, 0.2) is 11.5 Å². The summed E-state index contributed by atoms with van der Waals surface area (Å²) in [5, 5.41) is 15.3. The third kappa shape index (κ3) is 4.78. The van der Waals surface area contributed by atoms with Gasteiger partial charge in [-0.1, -0.05) is 60.6 Å². The van der Waals surface area contributed by atoms with Gasteiger partial charge >= 0.3 is 12.1 Å². The van der Waals surface area contributed by atoms with E-state index in [1.165, 1.54) is 24.9 Å². The Kier molecular flexibility index (Phi) is 6.62. The molecule has 1 unspecified atom stereocenters. The Morgan fingerprint density at radius 3 is 2.35 bits per heavy atom. The van der Waals surface area contributed by atoms with E-state index in [4.69, 9.17) is 14.4 Å². The summed E-state index contributed by atoms with van der Waals surface area (Å²) >= 11 is 0. The highest BCUT2D eigenvalue weighted by atomic mass is 16.5. The van der Waals surface area contributed by atoms with Gasteiger partial charge < -0.3 is 24.6 Å². The minimum atomic E-state index is -0.993. The maximum atomic E-state index is 12.4. The van der Waals surface area contributed by atoms with E-state index in [2.05, 4.69) is 22.6 Å². The first-order chi connectivity index (χ1) is 16.3. The van der Waals surface area contributed by atoms with Crippen molar-refractivity contribution < 1.29 is 28.8 Å². The lowest BCUT2D eigenvalue weighted by Gasteiger charge is -2.17. The van der Waals surface area contributed by atoms with Crippen molar-refractivity contribution in [2.75, 3.05) is 20.2 Å². The van der Waals surface area contributed by atoms with E-state index >= 15 is 0 Å². The van der Waals surface area contributed by atoms with Gasteiger partial charge in [0.25, 0.3) is 5.91 Å². The van der Waals surface area contributed by atoms with Gasteiger partial charge in [-0.25, -0.2) is 4.79 Å². The first-order valence-corrected chi connectivity index (χ1v) is 10.9. The van der Waals surface area contributed by atoms with Gasteiger partial charge in [-0.2, -0.15) is 0 Å². The molecule has 0 aliphatic heterocycles. The second-order valence-electron chi connectivity index (χ2n) is 8.28. The molecule has 9 heteroatoms. The van der Waals surface area contributed by atoms with Crippen LogP contribution in [0.1, 0.15) is 40.2 Å². The monoisotopic (exact) mass is 463 g/mol. The number of ether oxygens (including phenoxy) is 1. The molecule has 0 saturated carbocycles. The molecule has 2 amide bonds. The van der Waals surface area contributed by atoms with Crippen molar-refractivity contribution in [2.24, 2.45) is 5.92 Å². The van der Waals surface area contributed by atoms with Crippen LogP contribution in [0.3, 0.4) is 0 Å². The Bertz CT molecular complexity index is 1180. The summed E-state index contributed by atoms with van der Waals surface area (Å²) < 4.78 is 10.6. The van der Waals surface area contributed by atoms with E-state index in [0.717, 1.165) is 22.3 Å². The van der Waals surface area contributed by atoms with Crippen LogP contribution < -0.4 is 5.32 Å². The Labute approximate surface area is 196 Å². The molecule has 0 bridgehead atoms. The lowest BCUT2D eigenvalue weighted by molar-refractivity contribution is -0.141. The quantitative estimate of drug-likeness (QED) is 0.524. The molecule has 9 nitrogen and oxygen atoms in total. The number of nitrogens with zero attached hydrogens (tertiary/aromatic N) is 2. The molecular formula is C25H25N3O6. The van der Waals surface area contributed by atoms with Crippen molar-refractivity contribution in [2.45, 2.75) is 19.4 Å². The zero-order chi connectivity index (χ0) is 24.2. The van der Waals surface area contributed by atoms with Crippen LogP contribution in [0, 0.1) is 5.92 Å². The molecule has 0 spiro atoms. The first-order valence-electron chi connectivity index (χ1n) is 10.9. The van der Waals surface area contributed by atoms with Gasteiger partial charge in [-0.05, 0) is 22.3 Å². The number of aliphatic carboxylic acids is 1. The number of nitrogens with one attached hydrogen (secondary N) is 1. The summed E-state index contributed by atoms with van der Waals surface area (Å²) in [5.41, 5.74) is 4.57. The molecular weight excluding hydrogens is 438 g/mol. The Morgan fingerprint density at radius 2 is 1.74 bits per heavy atom. The minimum absolute atomic E-state index is 0.00774. The number of aromatic nitrogens is 1. The molecule has 1 aliphatic rings. The average molecular weight is 463 g/mol. The molecule has 1 atom stereocenters. The predicted octanol–water partition coefficient (Wildman–Crippen LogP) is 3.51. The van der Waals surface area contributed by atoms with Crippen molar-refractivity contribution >= 4 is 18.0 Å². The highest BCUT2D eigenvalue weighted by molar-refractivity contribution is 5.92. The second-order valence-corrected chi connectivity index (χ2v) is 8.28. The molecule has 1 aromatic heterocycles. The third-order valence-corrected chi connectivity index (χ3v) is 5.84. The Balaban J connectivity index is 1.31. The fraction of sp³-hybridized carbons (Fsp3) is 0.280. The topological polar surface area (TPSA) is 122 Å². The summed E-state index contributed by atoms with van der Waals surface area (Å²) in [6, 6.07) is 17.6. The van der Waals surface area contributed by atoms with Gasteiger partial charge in [-0.3, -0.25) is 9.59 Å². The van der Waals surface area contributed by atoms with Gasteiger partial charge in [0.2, 0.25) is 0 Å². The number of carboxylic acid groups (broad SMARTS) is 1. The number of rotatable bonds is 8. The number of fused-ring (bicyclic) bond motifs is 3. The van der Waals surface area contributed by atoms with E-state index < -0.39 is 23.9 Å². The van der Waals surface area contributed by atoms with E-state index in [0.29, 0.717) is 0 Å². The summed E-state index contributed by atoms with van der Waals surface area (Å²) in [6.07, 6.45) is -0.612. The van der Waals surface area contributed by atoms with Crippen LogP contribution in [0.4, 0.5) is 4.79 Å². The predicted molar refractivity (Wildman–Crippen MR) is 122 cm³/mol. The molecule has 0 saturated heterocycles. The van der Waals surface area contributed by atoms with E-state index in [9.17, 15) is 14.4 Å². The molecule has 2 N–H and O–H groups in total. The molecule has 0 fully saturated rings. The second kappa shape index (κ2) is 9.78. The van der Waals surface area contributed by atoms with E-state index in [-0.39, 0.29) is 37.1 Å². The average Bonchev–Trinajstić information content (AvgIpc) is 3.44. The van der Waals surface area contributed by atoms with E-state index in [1.807, 2.05) is 36.4 Å². The van der Waals surface area contributed by atoms with Crippen LogP contribution in [0.25, 0.3) is 11.1 Å². The number of benzene rings is 2. The van der Waals surface area contributed by atoms with Crippen LogP contribution in [0.15, 0.2) is 59.1 Å². The fourth-order valence-corrected chi connectivity index (χ4v) is 4.07. The van der Waals surface area contributed by atoms with Crippen molar-refractivity contribution in [3.63, 3.8) is 0 Å². The fourth-order valence-electron chi connectivity index (χ4n) is 4.07. The number of carbonyl (C=O) groups excluding carboxylic acids is 2. The van der Waals surface area contributed by atoms with Crippen LogP contribution in [-0.4, -0.2) is 53.3 Å². The summed E-state index contributed by atoms with van der Waals surface area (Å²) in [7, 11) is 1.49. The normalized spacial score (nSPS) is 13.0. The maximum absolute atomic E-state index is 12.4. The first kappa shape index (κ1) is 23.0. The maximum Gasteiger partial charge on any atom is 0.407 e. The zero-order valence-corrected chi connectivity index (χ0v) is 18.9. The number of alkyl carbamates (subject to hydrolysis) is 1. The lowest BCUT2D eigenvalue weighted by atomic mass is 9.98. The molecule has 0 radical (unpaired) electrons. The smallest absolute Gasteiger partial charge is 0.407 e. The van der Waals surface area contributed by atoms with Gasteiger partial charge in [0, 0.05) is 25.6 Å². The highest BCUT2D eigenvalue weighted by Gasteiger charge is 2.29. The van der Waals surface area contributed by atoms with Gasteiger partial charge in [-0.15, -0.1) is 0 Å². The number of carboxylic acids is 1. The number of amides is 2. The summed E-state index contributed by atoms with van der Waals surface area (Å²) in [5.74, 6) is -1.94. The zero-order valence-electron chi connectivity index (χ0n) is 18.9. The molecule has 3 aromatic rings. The number of carbonyl (C=O) groups is 3. The summed E-state index contributed by atoms with van der Waals surface area (Å²) in [4.78, 5) is 37.0. The molecule has 2 aromatic carbocycles. The summed E-state index contributed by atoms with van der Waals surface area (Å²) in [6.45, 7) is 1.73. The lowest BCUT2D eigenvalue weighted by Crippen LogP contribution is -2.33. The third-order valence-electron chi connectivity index (χ3n) is 5.84. The van der Waals surface area contributed by atoms with Crippen LogP contribution >= 0.6 is 0 Å². The molecule has 1 heterocycles. The Hall–Kier alpha value is -4.14. The van der Waals surface area contributed by atoms with Crippen molar-refractivity contribution in [3.8, 4) is 11.1 Å². The van der Waals surface area contributed by atoms with Crippen LogP contribution in [-0.2, 0) is 16.1 Å². The van der Waals surface area contributed by atoms with Crippen LogP contribution in [0.2, 0.25) is 0 Å². The van der Waals surface area contributed by atoms with Crippen LogP contribution in [0.5, 0.6) is 0 Å². The van der Waals surface area contributed by atoms with Crippen molar-refractivity contribution in [1.29, 1.82) is 0 Å². The molecule has 4 rings (SSSR count). The van der Waals surface area contributed by atoms with Crippen molar-refractivity contribution in [1.82, 2.24) is 15.4 Å². The number of hydrogen-bond acceptors (Lipinski definition) is 6. The SMILES string of the molecule is CC(CN(C)C(=O)c1cc(CNC(=O)OCC2c3ccccc3-c3ccccc32)on1)C(=O)O. The largest absolute Gasteiger partial charge is 0.481 e. The van der Waals surface area contributed by atoms with Gasteiger partial charge in [0.05, 0.1) is 12.5 Å². The van der Waals surface area contributed by atoms with E-state index in [1.54, 1.807) is 0 Å². The molecule has 34 heavy (non-hydrogen) atoms.